The third kappa shape index (κ3) is 4.56. The fourth-order valence-corrected chi connectivity index (χ4v) is 3.93. The number of aromatic amines is 1. The van der Waals surface area contributed by atoms with E-state index in [1.54, 1.807) is 13.0 Å². The number of nitrogens with one attached hydrogen (secondary N) is 1. The van der Waals surface area contributed by atoms with E-state index in [2.05, 4.69) is 17.2 Å². The number of benzene rings is 3. The zero-order chi connectivity index (χ0) is 23.2. The van der Waals surface area contributed by atoms with Gasteiger partial charge in [-0.1, -0.05) is 60.7 Å². The molecule has 0 aliphatic carbocycles. The highest BCUT2D eigenvalue weighted by Crippen LogP contribution is 2.33. The van der Waals surface area contributed by atoms with E-state index in [0.717, 1.165) is 5.56 Å². The van der Waals surface area contributed by atoms with Gasteiger partial charge in [-0.3, -0.25) is 9.89 Å². The Morgan fingerprint density at radius 1 is 0.939 bits per heavy atom. The third-order valence-electron chi connectivity index (χ3n) is 5.52. The summed E-state index contributed by atoms with van der Waals surface area (Å²) in [6.07, 6.45) is 0. The molecule has 1 N–H and O–H groups in total. The van der Waals surface area contributed by atoms with Crippen molar-refractivity contribution in [3.8, 4) is 23.6 Å². The molecule has 0 fully saturated rings. The van der Waals surface area contributed by atoms with E-state index >= 15 is 0 Å². The maximum Gasteiger partial charge on any atom is 0.275 e. The summed E-state index contributed by atoms with van der Waals surface area (Å²) in [5.74, 6) is -1.16. The summed E-state index contributed by atoms with van der Waals surface area (Å²) in [4.78, 5) is 13.4. The predicted octanol–water partition coefficient (Wildman–Crippen LogP) is 4.85. The molecule has 0 aliphatic rings. The van der Waals surface area contributed by atoms with Gasteiger partial charge in [-0.2, -0.15) is 10.5 Å². The number of hydrogen-bond donors (Lipinski definition) is 1. The van der Waals surface area contributed by atoms with Crippen LogP contribution in [0, 0.1) is 35.5 Å². The molecule has 0 aliphatic heterocycles. The first-order valence-electron chi connectivity index (χ1n) is 10.5. The van der Waals surface area contributed by atoms with E-state index in [0.29, 0.717) is 34.9 Å². The molecule has 0 spiro atoms. The second-order valence-electron chi connectivity index (χ2n) is 7.69. The van der Waals surface area contributed by atoms with Crippen LogP contribution in [0.25, 0.3) is 5.69 Å². The molecule has 0 bridgehead atoms. The summed E-state index contributed by atoms with van der Waals surface area (Å²) >= 11 is 0. The van der Waals surface area contributed by atoms with E-state index in [1.165, 1.54) is 4.68 Å². The Balaban J connectivity index is 1.75. The molecule has 3 aromatic carbocycles. The van der Waals surface area contributed by atoms with Crippen molar-refractivity contribution in [1.82, 2.24) is 9.78 Å². The molecule has 0 amide bonds. The first-order valence-corrected chi connectivity index (χ1v) is 10.5. The molecule has 33 heavy (non-hydrogen) atoms. The number of ether oxygens (including phenoxy) is 1. The predicted molar refractivity (Wildman–Crippen MR) is 125 cm³/mol. The van der Waals surface area contributed by atoms with E-state index in [9.17, 15) is 15.3 Å². The van der Waals surface area contributed by atoms with Gasteiger partial charge in [0.15, 0.2) is 0 Å². The van der Waals surface area contributed by atoms with Crippen LogP contribution in [0.5, 0.6) is 5.75 Å². The van der Waals surface area contributed by atoms with Gasteiger partial charge in [-0.05, 0) is 42.3 Å². The van der Waals surface area contributed by atoms with Crippen molar-refractivity contribution < 1.29 is 4.74 Å². The van der Waals surface area contributed by atoms with Gasteiger partial charge in [0.05, 0.1) is 17.8 Å². The molecule has 162 valence electrons. The molecule has 0 saturated carbocycles. The summed E-state index contributed by atoms with van der Waals surface area (Å²) < 4.78 is 7.39. The van der Waals surface area contributed by atoms with E-state index < -0.39 is 11.8 Å². The monoisotopic (exact) mass is 434 g/mol. The first kappa shape index (κ1) is 21.7. The Bertz CT molecular complexity index is 1360. The second-order valence-corrected chi connectivity index (χ2v) is 7.69. The lowest BCUT2D eigenvalue weighted by Crippen LogP contribution is -2.23. The Morgan fingerprint density at radius 2 is 1.61 bits per heavy atom. The van der Waals surface area contributed by atoms with Gasteiger partial charge in [0, 0.05) is 17.2 Å². The number of H-pyrrole nitrogens is 1. The van der Waals surface area contributed by atoms with Crippen LogP contribution in [-0.4, -0.2) is 9.78 Å². The Morgan fingerprint density at radius 3 is 2.27 bits per heavy atom. The smallest absolute Gasteiger partial charge is 0.275 e. The molecule has 4 rings (SSSR count). The van der Waals surface area contributed by atoms with Crippen LogP contribution in [0.1, 0.15) is 28.3 Å². The molecule has 4 aromatic rings. The highest BCUT2D eigenvalue weighted by Gasteiger charge is 2.31. The fraction of sp³-hybridized carbons (Fsp3) is 0.148. The van der Waals surface area contributed by atoms with Crippen molar-refractivity contribution in [2.75, 3.05) is 0 Å². The summed E-state index contributed by atoms with van der Waals surface area (Å²) in [5.41, 5.74) is 3.11. The average molecular weight is 434 g/mol. The Hall–Kier alpha value is -4.55. The lowest BCUT2D eigenvalue weighted by atomic mass is 9.82. The number of hydrogen-bond acceptors (Lipinski definition) is 4. The first-order chi connectivity index (χ1) is 16.1. The zero-order valence-corrected chi connectivity index (χ0v) is 18.1. The van der Waals surface area contributed by atoms with Crippen LogP contribution in [0.15, 0.2) is 89.7 Å². The minimum atomic E-state index is -1.04. The van der Waals surface area contributed by atoms with Crippen molar-refractivity contribution >= 4 is 0 Å². The van der Waals surface area contributed by atoms with Crippen molar-refractivity contribution in [3.05, 3.63) is 118 Å². The van der Waals surface area contributed by atoms with Crippen LogP contribution in [0.4, 0.5) is 0 Å². The van der Waals surface area contributed by atoms with Crippen molar-refractivity contribution in [2.24, 2.45) is 5.92 Å². The molecule has 6 heteroatoms. The van der Waals surface area contributed by atoms with Gasteiger partial charge in [0.1, 0.15) is 18.3 Å². The van der Waals surface area contributed by atoms with Crippen LogP contribution >= 0.6 is 0 Å². The molecule has 0 radical (unpaired) electrons. The molecule has 1 heterocycles. The minimum Gasteiger partial charge on any atom is -0.489 e. The minimum absolute atomic E-state index is 0.283. The molecular weight excluding hydrogens is 412 g/mol. The lowest BCUT2D eigenvalue weighted by molar-refractivity contribution is 0.305. The summed E-state index contributed by atoms with van der Waals surface area (Å²) in [5, 5.41) is 22.5. The Kier molecular flexibility index (Phi) is 6.38. The van der Waals surface area contributed by atoms with Crippen molar-refractivity contribution in [1.29, 1.82) is 10.5 Å². The number of aromatic nitrogens is 2. The molecular formula is C27H22N4O2. The lowest BCUT2D eigenvalue weighted by Gasteiger charge is -2.18. The maximum absolute atomic E-state index is 13.4. The quantitative estimate of drug-likeness (QED) is 0.450. The van der Waals surface area contributed by atoms with Crippen molar-refractivity contribution in [3.63, 3.8) is 0 Å². The number of nitriles is 2. The SMILES string of the molecule is Cc1[nH]n(-c2ccccc2)c(=O)c1[C@H](c1cccc(OCc2ccccc2)c1)C(C#N)C#N. The Labute approximate surface area is 191 Å². The standard InChI is InChI=1S/C27H22N4O2/c1-19-25(27(32)31(30-19)23-12-6-3-7-13-23)26(22(16-28)17-29)21-11-8-14-24(15-21)33-18-20-9-4-2-5-10-20/h2-15,22,26,30H,18H2,1H3/t26-/m1/s1. The van der Waals surface area contributed by atoms with E-state index in [4.69, 9.17) is 4.74 Å². The van der Waals surface area contributed by atoms with E-state index in [1.807, 2.05) is 78.9 Å². The number of rotatable bonds is 7. The summed E-state index contributed by atoms with van der Waals surface area (Å²) in [7, 11) is 0. The van der Waals surface area contributed by atoms with Crippen LogP contribution in [-0.2, 0) is 6.61 Å². The topological polar surface area (TPSA) is 94.6 Å². The van der Waals surface area contributed by atoms with Gasteiger partial charge >= 0.3 is 0 Å². The number of aryl methyl sites for hydroxylation is 1. The highest BCUT2D eigenvalue weighted by atomic mass is 16.5. The number of nitrogens with zero attached hydrogens (tertiary/aromatic N) is 3. The second kappa shape index (κ2) is 9.72. The summed E-state index contributed by atoms with van der Waals surface area (Å²) in [6.45, 7) is 2.17. The molecule has 1 aromatic heterocycles. The largest absolute Gasteiger partial charge is 0.489 e. The maximum atomic E-state index is 13.4. The zero-order valence-electron chi connectivity index (χ0n) is 18.1. The normalized spacial score (nSPS) is 11.5. The van der Waals surface area contributed by atoms with Gasteiger partial charge in [-0.15, -0.1) is 0 Å². The summed E-state index contributed by atoms with van der Waals surface area (Å²) in [6, 6.07) is 30.4. The van der Waals surface area contributed by atoms with Crippen LogP contribution in [0.2, 0.25) is 0 Å². The third-order valence-corrected chi connectivity index (χ3v) is 5.52. The highest BCUT2D eigenvalue weighted by molar-refractivity contribution is 5.43. The fourth-order valence-electron chi connectivity index (χ4n) is 3.93. The molecule has 6 nitrogen and oxygen atoms in total. The van der Waals surface area contributed by atoms with Crippen molar-refractivity contribution in [2.45, 2.75) is 19.4 Å². The molecule has 1 atom stereocenters. The molecule has 0 saturated heterocycles. The van der Waals surface area contributed by atoms with Crippen LogP contribution < -0.4 is 10.3 Å². The number of para-hydroxylation sites is 1. The van der Waals surface area contributed by atoms with E-state index in [-0.39, 0.29) is 5.56 Å². The van der Waals surface area contributed by atoms with Gasteiger partial charge < -0.3 is 4.74 Å². The van der Waals surface area contributed by atoms with Gasteiger partial charge in [0.2, 0.25) is 0 Å². The van der Waals surface area contributed by atoms with Gasteiger partial charge in [0.25, 0.3) is 5.56 Å². The molecule has 0 unspecified atom stereocenters. The average Bonchev–Trinajstić information content (AvgIpc) is 3.16. The van der Waals surface area contributed by atoms with Crippen LogP contribution in [0.3, 0.4) is 0 Å². The van der Waals surface area contributed by atoms with Gasteiger partial charge in [-0.25, -0.2) is 4.68 Å².